The van der Waals surface area contributed by atoms with Crippen molar-refractivity contribution < 1.29 is 14.3 Å². The molecule has 3 aromatic heterocycles. The second-order valence-corrected chi connectivity index (χ2v) is 7.01. The molecule has 0 atom stereocenters. The Morgan fingerprint density at radius 2 is 1.82 bits per heavy atom. The van der Waals surface area contributed by atoms with Crippen molar-refractivity contribution in [3.63, 3.8) is 0 Å². The predicted octanol–water partition coefficient (Wildman–Crippen LogP) is 4.46. The number of benzene rings is 1. The summed E-state index contributed by atoms with van der Waals surface area (Å²) in [5.41, 5.74) is 2.35. The van der Waals surface area contributed by atoms with E-state index in [9.17, 15) is 14.9 Å². The lowest BCUT2D eigenvalue weighted by Crippen LogP contribution is -2.12. The van der Waals surface area contributed by atoms with E-state index in [0.717, 1.165) is 5.52 Å². The van der Waals surface area contributed by atoms with Gasteiger partial charge in [-0.25, -0.2) is 4.79 Å². The Morgan fingerprint density at radius 1 is 1.04 bits per heavy atom. The number of nitriles is 1. The summed E-state index contributed by atoms with van der Waals surface area (Å²) < 4.78 is 7.26. The molecule has 4 aromatic rings. The van der Waals surface area contributed by atoms with Gasteiger partial charge in [-0.2, -0.15) is 5.26 Å². The second-order valence-electron chi connectivity index (χ2n) is 6.06. The van der Waals surface area contributed by atoms with Gasteiger partial charge in [0.2, 0.25) is 5.78 Å². The maximum atomic E-state index is 12.7. The minimum absolute atomic E-state index is 0.0507. The molecule has 0 aliphatic heterocycles. The molecule has 1 aromatic carbocycles. The number of fused-ring (bicyclic) bond motifs is 1. The topological polar surface area (TPSA) is 71.6 Å². The zero-order chi connectivity index (χ0) is 19.5. The third-order valence-corrected chi connectivity index (χ3v) is 5.24. The molecule has 0 bridgehead atoms. The van der Waals surface area contributed by atoms with Gasteiger partial charge in [-0.05, 0) is 29.6 Å². The van der Waals surface area contributed by atoms with E-state index in [1.807, 2.05) is 34.2 Å². The van der Waals surface area contributed by atoms with Gasteiger partial charge < -0.3 is 9.14 Å². The van der Waals surface area contributed by atoms with Gasteiger partial charge in [0.25, 0.3) is 0 Å². The maximum absolute atomic E-state index is 12.7. The van der Waals surface area contributed by atoms with Crippen LogP contribution in [0.25, 0.3) is 5.52 Å². The molecular weight excluding hydrogens is 372 g/mol. The number of carbonyl (C=O) groups is 2. The maximum Gasteiger partial charge on any atom is 0.339 e. The van der Waals surface area contributed by atoms with Crippen LogP contribution in [-0.2, 0) is 11.3 Å². The van der Waals surface area contributed by atoms with E-state index in [2.05, 4.69) is 6.07 Å². The molecule has 0 fully saturated rings. The van der Waals surface area contributed by atoms with E-state index in [1.165, 1.54) is 11.3 Å². The lowest BCUT2D eigenvalue weighted by molar-refractivity contribution is 0.0470. The van der Waals surface area contributed by atoms with Crippen LogP contribution >= 0.6 is 11.3 Å². The molecule has 0 aliphatic rings. The van der Waals surface area contributed by atoms with Gasteiger partial charge in [0.1, 0.15) is 12.7 Å². The number of nitrogens with zero attached hydrogens (tertiary/aromatic N) is 2. The third kappa shape index (κ3) is 3.20. The van der Waals surface area contributed by atoms with E-state index >= 15 is 0 Å². The molecule has 28 heavy (non-hydrogen) atoms. The first-order chi connectivity index (χ1) is 13.7. The molecule has 0 saturated heterocycles. The molecule has 0 spiro atoms. The number of hydrogen-bond acceptors (Lipinski definition) is 5. The summed E-state index contributed by atoms with van der Waals surface area (Å²) >= 11 is 1.32. The summed E-state index contributed by atoms with van der Waals surface area (Å²) in [6.45, 7) is -0.0507. The molecule has 0 aliphatic carbocycles. The fourth-order valence-corrected chi connectivity index (χ4v) is 3.71. The number of ketones is 1. The van der Waals surface area contributed by atoms with Crippen LogP contribution in [-0.4, -0.2) is 16.2 Å². The van der Waals surface area contributed by atoms with E-state index < -0.39 is 5.97 Å². The monoisotopic (exact) mass is 386 g/mol. The van der Waals surface area contributed by atoms with Gasteiger partial charge in [0.05, 0.1) is 21.5 Å². The Labute approximate surface area is 165 Å². The van der Waals surface area contributed by atoms with Crippen molar-refractivity contribution in [1.29, 1.82) is 5.26 Å². The SMILES string of the molecule is N#Cc1c(COC(=O)c2ccccc2C(=O)c2cccs2)cn2ccccc12. The molecule has 136 valence electrons. The minimum atomic E-state index is -0.598. The third-order valence-electron chi connectivity index (χ3n) is 4.37. The fourth-order valence-electron chi connectivity index (χ4n) is 3.04. The number of rotatable bonds is 5. The highest BCUT2D eigenvalue weighted by Gasteiger charge is 2.20. The van der Waals surface area contributed by atoms with E-state index in [4.69, 9.17) is 4.74 Å². The van der Waals surface area contributed by atoms with E-state index in [-0.39, 0.29) is 18.0 Å². The normalized spacial score (nSPS) is 10.5. The predicted molar refractivity (Wildman–Crippen MR) is 105 cm³/mol. The van der Waals surface area contributed by atoms with Crippen LogP contribution in [0.1, 0.15) is 36.7 Å². The molecule has 0 N–H and O–H groups in total. The first kappa shape index (κ1) is 17.7. The first-order valence-electron chi connectivity index (χ1n) is 8.52. The summed E-state index contributed by atoms with van der Waals surface area (Å²) in [5.74, 6) is -0.811. The molecule has 0 unspecified atom stereocenters. The van der Waals surface area contributed by atoms with Crippen molar-refractivity contribution in [3.05, 3.63) is 99.5 Å². The van der Waals surface area contributed by atoms with Gasteiger partial charge in [0, 0.05) is 23.5 Å². The van der Waals surface area contributed by atoms with Gasteiger partial charge in [-0.3, -0.25) is 4.79 Å². The fraction of sp³-hybridized carbons (Fsp3) is 0.0455. The lowest BCUT2D eigenvalue weighted by atomic mass is 10.0. The average molecular weight is 386 g/mol. The number of esters is 1. The second kappa shape index (κ2) is 7.51. The van der Waals surface area contributed by atoms with E-state index in [0.29, 0.717) is 21.6 Å². The quantitative estimate of drug-likeness (QED) is 0.375. The molecule has 4 rings (SSSR count). The number of thiophene rings is 1. The summed E-state index contributed by atoms with van der Waals surface area (Å²) in [6.07, 6.45) is 3.60. The number of carbonyl (C=O) groups excluding carboxylic acids is 2. The van der Waals surface area contributed by atoms with Crippen LogP contribution in [0.2, 0.25) is 0 Å². The highest BCUT2D eigenvalue weighted by molar-refractivity contribution is 7.12. The number of pyridine rings is 1. The van der Waals surface area contributed by atoms with Crippen LogP contribution in [0.15, 0.2) is 72.4 Å². The van der Waals surface area contributed by atoms with Gasteiger partial charge in [-0.1, -0.05) is 30.3 Å². The molecule has 3 heterocycles. The molecule has 0 saturated carbocycles. The molecule has 0 amide bonds. The standard InChI is InChI=1S/C22H14N2O3S/c23-12-18-15(13-24-10-4-3-8-19(18)24)14-27-22(26)17-7-2-1-6-16(17)21(25)20-9-5-11-28-20/h1-11,13H,14H2. The number of ether oxygens (including phenoxy) is 1. The van der Waals surface area contributed by atoms with Crippen molar-refractivity contribution in [2.45, 2.75) is 6.61 Å². The zero-order valence-electron chi connectivity index (χ0n) is 14.7. The Balaban J connectivity index is 1.59. The lowest BCUT2D eigenvalue weighted by Gasteiger charge is -2.08. The van der Waals surface area contributed by atoms with Gasteiger partial charge in [-0.15, -0.1) is 11.3 Å². The van der Waals surface area contributed by atoms with E-state index in [1.54, 1.807) is 42.6 Å². The first-order valence-corrected chi connectivity index (χ1v) is 9.40. The van der Waals surface area contributed by atoms with Crippen LogP contribution in [0.4, 0.5) is 0 Å². The Bertz CT molecular complexity index is 1220. The largest absolute Gasteiger partial charge is 0.457 e. The van der Waals surface area contributed by atoms with Crippen LogP contribution in [0.5, 0.6) is 0 Å². The Hall–Kier alpha value is -3.69. The van der Waals surface area contributed by atoms with Crippen LogP contribution < -0.4 is 0 Å². The van der Waals surface area contributed by atoms with Crippen LogP contribution in [0, 0.1) is 11.3 Å². The highest BCUT2D eigenvalue weighted by Crippen LogP contribution is 2.21. The number of aromatic nitrogens is 1. The molecule has 0 radical (unpaired) electrons. The summed E-state index contributed by atoms with van der Waals surface area (Å²) in [4.78, 5) is 25.9. The average Bonchev–Trinajstić information content (AvgIpc) is 3.39. The minimum Gasteiger partial charge on any atom is -0.457 e. The van der Waals surface area contributed by atoms with Gasteiger partial charge >= 0.3 is 5.97 Å². The van der Waals surface area contributed by atoms with Crippen molar-refractivity contribution in [1.82, 2.24) is 4.40 Å². The smallest absolute Gasteiger partial charge is 0.339 e. The molecule has 5 nitrogen and oxygen atoms in total. The Morgan fingerprint density at radius 3 is 2.57 bits per heavy atom. The molecule has 6 heteroatoms. The van der Waals surface area contributed by atoms with Crippen molar-refractivity contribution in [2.24, 2.45) is 0 Å². The Kier molecular flexibility index (Phi) is 4.75. The van der Waals surface area contributed by atoms with Crippen molar-refractivity contribution in [2.75, 3.05) is 0 Å². The highest BCUT2D eigenvalue weighted by atomic mass is 32.1. The molecular formula is C22H14N2O3S. The summed E-state index contributed by atoms with van der Waals surface area (Å²) in [5, 5.41) is 11.3. The summed E-state index contributed by atoms with van der Waals surface area (Å²) in [6, 6.07) is 17.8. The number of hydrogen-bond donors (Lipinski definition) is 0. The van der Waals surface area contributed by atoms with Crippen molar-refractivity contribution >= 4 is 28.6 Å². The van der Waals surface area contributed by atoms with Crippen molar-refractivity contribution in [3.8, 4) is 6.07 Å². The zero-order valence-corrected chi connectivity index (χ0v) is 15.5. The van der Waals surface area contributed by atoms with Crippen LogP contribution in [0.3, 0.4) is 0 Å². The summed E-state index contributed by atoms with van der Waals surface area (Å²) in [7, 11) is 0. The van der Waals surface area contributed by atoms with Gasteiger partial charge in [0.15, 0.2) is 0 Å².